The number of rotatable bonds is 7. The number of nitrogens with two attached hydrogens (primary N) is 1. The topological polar surface area (TPSA) is 146 Å². The smallest absolute Gasteiger partial charge is 0.408 e. The highest BCUT2D eigenvalue weighted by Gasteiger charge is 2.42. The van der Waals surface area contributed by atoms with Crippen molar-refractivity contribution in [2.24, 2.45) is 5.73 Å². The molecule has 0 aliphatic rings. The van der Waals surface area contributed by atoms with Crippen molar-refractivity contribution in [1.82, 2.24) is 10.6 Å². The largest absolute Gasteiger partial charge is 0.444 e. The summed E-state index contributed by atoms with van der Waals surface area (Å²) in [7, 11) is -1.90. The van der Waals surface area contributed by atoms with E-state index >= 15 is 0 Å². The zero-order chi connectivity index (χ0) is 17.6. The molecule has 0 aliphatic carbocycles. The Balaban J connectivity index is 5.18. The van der Waals surface area contributed by atoms with E-state index in [0.717, 1.165) is 14.2 Å². The molecule has 3 amide bonds. The number of amides is 3. The second kappa shape index (κ2) is 8.11. The van der Waals surface area contributed by atoms with Gasteiger partial charge in [0.15, 0.2) is 0 Å². The summed E-state index contributed by atoms with van der Waals surface area (Å²) >= 11 is 0. The van der Waals surface area contributed by atoms with Gasteiger partial charge in [-0.2, -0.15) is 0 Å². The predicted molar refractivity (Wildman–Crippen MR) is 77.0 cm³/mol. The van der Waals surface area contributed by atoms with Gasteiger partial charge < -0.3 is 24.8 Å². The van der Waals surface area contributed by atoms with Gasteiger partial charge in [0.1, 0.15) is 5.60 Å². The molecule has 0 bridgehead atoms. The molecular weight excluding hydrogens is 317 g/mol. The van der Waals surface area contributed by atoms with E-state index in [4.69, 9.17) is 19.5 Å². The number of carbonyl (C=O) groups excluding carboxylic acids is 3. The van der Waals surface area contributed by atoms with E-state index in [1.54, 1.807) is 20.8 Å². The summed E-state index contributed by atoms with van der Waals surface area (Å²) in [6.45, 7) is 4.34. The van der Waals surface area contributed by atoms with Gasteiger partial charge in [0, 0.05) is 14.2 Å². The lowest BCUT2D eigenvalue weighted by atomic mass is 10.2. The Bertz CT molecular complexity index is 467. The second-order valence-electron chi connectivity index (χ2n) is 5.14. The first kappa shape index (κ1) is 20.4. The van der Waals surface area contributed by atoms with Crippen molar-refractivity contribution in [1.29, 1.82) is 0 Å². The molecule has 0 unspecified atom stereocenters. The van der Waals surface area contributed by atoms with E-state index in [1.165, 1.54) is 0 Å². The summed E-state index contributed by atoms with van der Waals surface area (Å²) in [6.07, 6.45) is -0.999. The van der Waals surface area contributed by atoms with Crippen molar-refractivity contribution < 1.29 is 32.7 Å². The number of nitrogens with one attached hydrogen (secondary N) is 2. The van der Waals surface area contributed by atoms with Gasteiger partial charge in [-0.05, 0) is 20.8 Å². The summed E-state index contributed by atoms with van der Waals surface area (Å²) < 4.78 is 26.7. The number of ether oxygens (including phenoxy) is 1. The molecule has 0 saturated heterocycles. The highest BCUT2D eigenvalue weighted by molar-refractivity contribution is 7.55. The normalized spacial score (nSPS) is 13.1. The first-order valence-corrected chi connectivity index (χ1v) is 7.83. The lowest BCUT2D eigenvalue weighted by Crippen LogP contribution is -2.49. The Morgan fingerprint density at radius 3 is 2.05 bits per heavy atom. The number of carbonyl (C=O) groups is 3. The third kappa shape index (κ3) is 6.88. The standard InChI is InChI=1S/C11H22N3O7P/c1-11(2,3)21-10(17)14-9(22(18,19-4)20-5)8(16)13-6-7(12)15/h9H,6H2,1-5H3,(H2,12,15)(H,13,16)(H,14,17)/t9-/m0/s1. The van der Waals surface area contributed by atoms with E-state index in [2.05, 4.69) is 10.6 Å². The first-order chi connectivity index (χ1) is 9.95. The highest BCUT2D eigenvalue weighted by atomic mass is 31.2. The van der Waals surface area contributed by atoms with Gasteiger partial charge in [0.25, 0.3) is 5.91 Å². The molecule has 10 nitrogen and oxygen atoms in total. The summed E-state index contributed by atoms with van der Waals surface area (Å²) in [5.74, 6) is -3.47. The summed E-state index contributed by atoms with van der Waals surface area (Å²) in [4.78, 5) is 34.4. The van der Waals surface area contributed by atoms with Gasteiger partial charge in [0.05, 0.1) is 6.54 Å². The Morgan fingerprint density at radius 2 is 1.68 bits per heavy atom. The lowest BCUT2D eigenvalue weighted by Gasteiger charge is -2.26. The first-order valence-electron chi connectivity index (χ1n) is 6.22. The quantitative estimate of drug-likeness (QED) is 0.550. The van der Waals surface area contributed by atoms with Crippen molar-refractivity contribution in [3.63, 3.8) is 0 Å². The molecule has 0 radical (unpaired) electrons. The minimum absolute atomic E-state index is 0.501. The van der Waals surface area contributed by atoms with Crippen LogP contribution in [-0.4, -0.2) is 50.1 Å². The number of hydrogen-bond donors (Lipinski definition) is 3. The van der Waals surface area contributed by atoms with E-state index in [-0.39, 0.29) is 0 Å². The molecule has 11 heteroatoms. The minimum Gasteiger partial charge on any atom is -0.444 e. The van der Waals surface area contributed by atoms with Crippen LogP contribution in [0.3, 0.4) is 0 Å². The highest BCUT2D eigenvalue weighted by Crippen LogP contribution is 2.50. The molecule has 0 saturated carbocycles. The van der Waals surface area contributed by atoms with E-state index in [9.17, 15) is 18.9 Å². The average Bonchev–Trinajstić information content (AvgIpc) is 2.39. The maximum Gasteiger partial charge on any atom is 0.408 e. The van der Waals surface area contributed by atoms with Gasteiger partial charge >= 0.3 is 13.7 Å². The van der Waals surface area contributed by atoms with Crippen LogP contribution in [0, 0.1) is 0 Å². The molecule has 0 aromatic carbocycles. The van der Waals surface area contributed by atoms with Crippen LogP contribution >= 0.6 is 7.60 Å². The van der Waals surface area contributed by atoms with Crippen LogP contribution in [0.4, 0.5) is 4.79 Å². The molecule has 0 rings (SSSR count). The molecule has 4 N–H and O–H groups in total. The molecule has 0 aromatic rings. The second-order valence-corrected chi connectivity index (χ2v) is 7.46. The van der Waals surface area contributed by atoms with Crippen molar-refractivity contribution in [2.45, 2.75) is 32.2 Å². The summed E-state index contributed by atoms with van der Waals surface area (Å²) in [6, 6.07) is 0. The number of primary amides is 1. The van der Waals surface area contributed by atoms with Gasteiger partial charge in [-0.15, -0.1) is 0 Å². The zero-order valence-corrected chi connectivity index (χ0v) is 14.1. The van der Waals surface area contributed by atoms with Crippen molar-refractivity contribution in [2.75, 3.05) is 20.8 Å². The predicted octanol–water partition coefficient (Wildman–Crippen LogP) is -0.0754. The SMILES string of the molecule is COP(=O)(OC)[C@H](NC(=O)OC(C)(C)C)C(=O)NCC(N)=O. The lowest BCUT2D eigenvalue weighted by molar-refractivity contribution is -0.125. The van der Waals surface area contributed by atoms with Crippen LogP contribution in [0.2, 0.25) is 0 Å². The Hall–Kier alpha value is -1.64. The third-order valence-electron chi connectivity index (χ3n) is 2.16. The fourth-order valence-corrected chi connectivity index (χ4v) is 2.48. The minimum atomic E-state index is -4.00. The van der Waals surface area contributed by atoms with Gasteiger partial charge in [-0.25, -0.2) is 4.79 Å². The van der Waals surface area contributed by atoms with E-state index in [1.807, 2.05) is 0 Å². The molecule has 0 spiro atoms. The van der Waals surface area contributed by atoms with Crippen molar-refractivity contribution in [3.8, 4) is 0 Å². The van der Waals surface area contributed by atoms with Gasteiger partial charge in [-0.1, -0.05) is 0 Å². The molecule has 128 valence electrons. The fraction of sp³-hybridized carbons (Fsp3) is 0.727. The molecule has 0 aliphatic heterocycles. The van der Waals surface area contributed by atoms with Crippen molar-refractivity contribution >= 4 is 25.5 Å². The Labute approximate surface area is 128 Å². The number of alkyl carbamates (subject to hydrolysis) is 1. The maximum atomic E-state index is 12.3. The molecular formula is C11H22N3O7P. The Morgan fingerprint density at radius 1 is 1.18 bits per heavy atom. The Kier molecular flexibility index (Phi) is 7.51. The van der Waals surface area contributed by atoms with Crippen LogP contribution in [-0.2, 0) is 27.9 Å². The molecule has 1 atom stereocenters. The third-order valence-corrected chi connectivity index (χ3v) is 4.18. The van der Waals surface area contributed by atoms with Gasteiger partial charge in [0.2, 0.25) is 11.7 Å². The van der Waals surface area contributed by atoms with Crippen LogP contribution in [0.5, 0.6) is 0 Å². The molecule has 0 heterocycles. The summed E-state index contributed by atoms with van der Waals surface area (Å²) in [5.41, 5.74) is 4.07. The van der Waals surface area contributed by atoms with Gasteiger partial charge in [-0.3, -0.25) is 19.5 Å². The van der Waals surface area contributed by atoms with Crippen LogP contribution in [0.25, 0.3) is 0 Å². The van der Waals surface area contributed by atoms with Crippen LogP contribution in [0.15, 0.2) is 0 Å². The molecule has 22 heavy (non-hydrogen) atoms. The van der Waals surface area contributed by atoms with Crippen LogP contribution < -0.4 is 16.4 Å². The van der Waals surface area contributed by atoms with E-state index < -0.39 is 43.4 Å². The average molecular weight is 339 g/mol. The van der Waals surface area contributed by atoms with E-state index in [0.29, 0.717) is 0 Å². The monoisotopic (exact) mass is 339 g/mol. The van der Waals surface area contributed by atoms with Crippen molar-refractivity contribution in [3.05, 3.63) is 0 Å². The maximum absolute atomic E-state index is 12.3. The number of hydrogen-bond acceptors (Lipinski definition) is 7. The fourth-order valence-electron chi connectivity index (χ4n) is 1.26. The zero-order valence-electron chi connectivity index (χ0n) is 13.2. The molecule has 0 aromatic heterocycles. The van der Waals surface area contributed by atoms with Crippen LogP contribution in [0.1, 0.15) is 20.8 Å². The summed E-state index contributed by atoms with van der Waals surface area (Å²) in [5, 5.41) is 4.21. The molecule has 0 fully saturated rings.